The van der Waals surface area contributed by atoms with Crippen molar-refractivity contribution in [3.63, 3.8) is 0 Å². The van der Waals surface area contributed by atoms with E-state index in [0.29, 0.717) is 0 Å². The Kier molecular flexibility index (Phi) is 3.94. The summed E-state index contributed by atoms with van der Waals surface area (Å²) in [4.78, 5) is 0. The van der Waals surface area contributed by atoms with Crippen LogP contribution in [0.2, 0.25) is 0 Å². The molecule has 0 aliphatic heterocycles. The molecule has 0 bridgehead atoms. The standard InChI is InChI=1S/C10H9Br2N3S/c1-6(7-3-2-4-8(11)5-7)13-10-15-14-9(12)16-10/h2-6H,1H3,(H,13,15). The van der Waals surface area contributed by atoms with E-state index in [1.165, 1.54) is 16.9 Å². The van der Waals surface area contributed by atoms with Crippen molar-refractivity contribution in [2.75, 3.05) is 5.32 Å². The number of hydrogen-bond donors (Lipinski definition) is 1. The Morgan fingerprint density at radius 3 is 2.75 bits per heavy atom. The lowest BCUT2D eigenvalue weighted by Crippen LogP contribution is -2.06. The normalized spacial score (nSPS) is 12.4. The lowest BCUT2D eigenvalue weighted by Gasteiger charge is -2.12. The number of anilines is 1. The molecule has 1 N–H and O–H groups in total. The number of hydrogen-bond acceptors (Lipinski definition) is 4. The van der Waals surface area contributed by atoms with Crippen LogP contribution in [0.4, 0.5) is 5.13 Å². The fourth-order valence-electron chi connectivity index (χ4n) is 1.31. The number of halogens is 2. The van der Waals surface area contributed by atoms with Gasteiger partial charge in [-0.25, -0.2) is 0 Å². The highest BCUT2D eigenvalue weighted by Gasteiger charge is 2.08. The SMILES string of the molecule is CC(Nc1nnc(Br)s1)c1cccc(Br)c1. The number of rotatable bonds is 3. The molecule has 0 radical (unpaired) electrons. The van der Waals surface area contributed by atoms with Gasteiger partial charge in [-0.15, -0.1) is 10.2 Å². The van der Waals surface area contributed by atoms with Crippen LogP contribution in [0.3, 0.4) is 0 Å². The molecule has 3 nitrogen and oxygen atoms in total. The lowest BCUT2D eigenvalue weighted by atomic mass is 10.1. The average Bonchev–Trinajstić information content (AvgIpc) is 2.64. The van der Waals surface area contributed by atoms with Crippen LogP contribution in [0.5, 0.6) is 0 Å². The van der Waals surface area contributed by atoms with Crippen LogP contribution in [0.25, 0.3) is 0 Å². The van der Waals surface area contributed by atoms with E-state index in [9.17, 15) is 0 Å². The van der Waals surface area contributed by atoms with Gasteiger partial charge in [0.15, 0.2) is 3.92 Å². The summed E-state index contributed by atoms with van der Waals surface area (Å²) >= 11 is 8.23. The van der Waals surface area contributed by atoms with Gasteiger partial charge in [0.1, 0.15) is 0 Å². The Morgan fingerprint density at radius 1 is 1.31 bits per heavy atom. The quantitative estimate of drug-likeness (QED) is 0.887. The Bertz CT molecular complexity index is 486. The summed E-state index contributed by atoms with van der Waals surface area (Å²) in [7, 11) is 0. The van der Waals surface area contributed by atoms with Gasteiger partial charge in [0.25, 0.3) is 0 Å². The van der Waals surface area contributed by atoms with Gasteiger partial charge < -0.3 is 5.32 Å². The molecular weight excluding hydrogens is 354 g/mol. The molecule has 1 heterocycles. The summed E-state index contributed by atoms with van der Waals surface area (Å²) in [6.45, 7) is 2.09. The number of benzene rings is 1. The minimum Gasteiger partial charge on any atom is -0.354 e. The van der Waals surface area contributed by atoms with Crippen molar-refractivity contribution < 1.29 is 0 Å². The van der Waals surface area contributed by atoms with Crippen LogP contribution in [-0.2, 0) is 0 Å². The molecule has 0 aliphatic rings. The van der Waals surface area contributed by atoms with Gasteiger partial charge in [-0.3, -0.25) is 0 Å². The third-order valence-corrected chi connectivity index (χ3v) is 3.87. The molecule has 0 saturated carbocycles. The molecule has 0 amide bonds. The van der Waals surface area contributed by atoms with E-state index in [1.807, 2.05) is 12.1 Å². The molecule has 16 heavy (non-hydrogen) atoms. The van der Waals surface area contributed by atoms with E-state index in [2.05, 4.69) is 66.4 Å². The van der Waals surface area contributed by atoms with Crippen LogP contribution >= 0.6 is 43.2 Å². The molecule has 1 unspecified atom stereocenters. The first-order valence-electron chi connectivity index (χ1n) is 4.66. The predicted molar refractivity (Wildman–Crippen MR) is 73.8 cm³/mol. The summed E-state index contributed by atoms with van der Waals surface area (Å²) in [5, 5.41) is 12.0. The maximum absolute atomic E-state index is 4.00. The monoisotopic (exact) mass is 361 g/mol. The first kappa shape index (κ1) is 12.0. The van der Waals surface area contributed by atoms with E-state index in [-0.39, 0.29) is 6.04 Å². The lowest BCUT2D eigenvalue weighted by molar-refractivity contribution is 0.872. The van der Waals surface area contributed by atoms with Gasteiger partial charge in [0.2, 0.25) is 5.13 Å². The smallest absolute Gasteiger partial charge is 0.206 e. The third kappa shape index (κ3) is 3.02. The predicted octanol–water partition coefficient (Wildman–Crippen LogP) is 4.24. The minimum atomic E-state index is 0.206. The average molecular weight is 363 g/mol. The molecule has 1 atom stereocenters. The van der Waals surface area contributed by atoms with Gasteiger partial charge in [-0.05, 0) is 40.5 Å². The number of nitrogens with one attached hydrogen (secondary N) is 1. The fraction of sp³-hybridized carbons (Fsp3) is 0.200. The molecule has 2 rings (SSSR count). The zero-order chi connectivity index (χ0) is 11.5. The molecule has 2 aromatic rings. The molecule has 84 valence electrons. The second-order valence-corrected chi connectivity index (χ2v) is 6.45. The van der Waals surface area contributed by atoms with Crippen LogP contribution < -0.4 is 5.32 Å². The Balaban J connectivity index is 2.11. The Labute approximate surface area is 115 Å². The highest BCUT2D eigenvalue weighted by Crippen LogP contribution is 2.25. The first-order valence-corrected chi connectivity index (χ1v) is 7.06. The van der Waals surface area contributed by atoms with Crippen molar-refractivity contribution in [1.82, 2.24) is 10.2 Å². The van der Waals surface area contributed by atoms with Crippen LogP contribution in [0.15, 0.2) is 32.7 Å². The third-order valence-electron chi connectivity index (χ3n) is 2.09. The summed E-state index contributed by atoms with van der Waals surface area (Å²) in [6.07, 6.45) is 0. The summed E-state index contributed by atoms with van der Waals surface area (Å²) in [5.74, 6) is 0. The van der Waals surface area contributed by atoms with Crippen molar-refractivity contribution in [2.45, 2.75) is 13.0 Å². The van der Waals surface area contributed by atoms with Gasteiger partial charge in [0.05, 0.1) is 6.04 Å². The van der Waals surface area contributed by atoms with E-state index in [0.717, 1.165) is 13.5 Å². The second-order valence-electron chi connectivity index (χ2n) is 3.28. The van der Waals surface area contributed by atoms with Crippen molar-refractivity contribution in [3.8, 4) is 0 Å². The highest BCUT2D eigenvalue weighted by atomic mass is 79.9. The largest absolute Gasteiger partial charge is 0.354 e. The molecule has 0 spiro atoms. The molecule has 1 aromatic heterocycles. The van der Waals surface area contributed by atoms with Crippen molar-refractivity contribution in [2.24, 2.45) is 0 Å². The molecule has 6 heteroatoms. The maximum atomic E-state index is 4.00. The molecular formula is C10H9Br2N3S. The van der Waals surface area contributed by atoms with Crippen LogP contribution in [-0.4, -0.2) is 10.2 Å². The topological polar surface area (TPSA) is 37.8 Å². The summed E-state index contributed by atoms with van der Waals surface area (Å²) in [5.41, 5.74) is 1.21. The Morgan fingerprint density at radius 2 is 2.12 bits per heavy atom. The summed E-state index contributed by atoms with van der Waals surface area (Å²) < 4.78 is 1.87. The highest BCUT2D eigenvalue weighted by molar-refractivity contribution is 9.11. The summed E-state index contributed by atoms with van der Waals surface area (Å²) in [6, 6.07) is 8.41. The van der Waals surface area contributed by atoms with E-state index < -0.39 is 0 Å². The van der Waals surface area contributed by atoms with Crippen LogP contribution in [0, 0.1) is 0 Å². The van der Waals surface area contributed by atoms with E-state index in [1.54, 1.807) is 0 Å². The van der Waals surface area contributed by atoms with Gasteiger partial charge in [0, 0.05) is 4.47 Å². The molecule has 1 aromatic carbocycles. The van der Waals surface area contributed by atoms with E-state index in [4.69, 9.17) is 0 Å². The van der Waals surface area contributed by atoms with Crippen molar-refractivity contribution in [1.29, 1.82) is 0 Å². The maximum Gasteiger partial charge on any atom is 0.206 e. The second kappa shape index (κ2) is 5.25. The zero-order valence-corrected chi connectivity index (χ0v) is 12.4. The zero-order valence-electron chi connectivity index (χ0n) is 8.45. The van der Waals surface area contributed by atoms with Gasteiger partial charge >= 0.3 is 0 Å². The molecule has 0 aliphatic carbocycles. The first-order chi connectivity index (χ1) is 7.65. The van der Waals surface area contributed by atoms with Crippen molar-refractivity contribution >= 4 is 48.3 Å². The van der Waals surface area contributed by atoms with Crippen molar-refractivity contribution in [3.05, 3.63) is 38.2 Å². The van der Waals surface area contributed by atoms with E-state index >= 15 is 0 Å². The van der Waals surface area contributed by atoms with Gasteiger partial charge in [-0.1, -0.05) is 39.4 Å². The fourth-order valence-corrected chi connectivity index (χ4v) is 2.82. The van der Waals surface area contributed by atoms with Crippen LogP contribution in [0.1, 0.15) is 18.5 Å². The Hall–Kier alpha value is -0.460. The minimum absolute atomic E-state index is 0.206. The molecule has 0 fully saturated rings. The number of nitrogens with zero attached hydrogens (tertiary/aromatic N) is 2. The number of aromatic nitrogens is 2. The molecule has 0 saturated heterocycles. The van der Waals surface area contributed by atoms with Gasteiger partial charge in [-0.2, -0.15) is 0 Å².